The van der Waals surface area contributed by atoms with E-state index >= 15 is 0 Å². The summed E-state index contributed by atoms with van der Waals surface area (Å²) in [6.07, 6.45) is 1.43. The summed E-state index contributed by atoms with van der Waals surface area (Å²) in [4.78, 5) is 25.1. The quantitative estimate of drug-likeness (QED) is 0.476. The van der Waals surface area contributed by atoms with Crippen molar-refractivity contribution in [1.29, 1.82) is 0 Å². The van der Waals surface area contributed by atoms with Gasteiger partial charge in [-0.1, -0.05) is 0 Å². The molecule has 0 amide bonds. The van der Waals surface area contributed by atoms with Crippen molar-refractivity contribution in [3.8, 4) is 0 Å². The van der Waals surface area contributed by atoms with E-state index in [1.54, 1.807) is 12.1 Å². The van der Waals surface area contributed by atoms with Gasteiger partial charge in [0.1, 0.15) is 5.82 Å². The highest BCUT2D eigenvalue weighted by Crippen LogP contribution is 2.30. The van der Waals surface area contributed by atoms with E-state index in [2.05, 4.69) is 4.90 Å². The van der Waals surface area contributed by atoms with Gasteiger partial charge in [-0.15, -0.1) is 0 Å². The second kappa shape index (κ2) is 7.01. The maximum atomic E-state index is 13.0. The predicted molar refractivity (Wildman–Crippen MR) is 93.5 cm³/mol. The molecule has 2 aromatic rings. The fraction of sp³-hybridized carbons (Fsp3) is 0.316. The SMILES string of the molecule is Cc1cc([N+](=O)[O-])ccc1N1CCC(C(=O)c2ccc(F)cc2)CC1. The summed E-state index contributed by atoms with van der Waals surface area (Å²) in [5, 5.41) is 10.8. The summed E-state index contributed by atoms with van der Waals surface area (Å²) >= 11 is 0. The third-order valence-electron chi connectivity index (χ3n) is 4.73. The van der Waals surface area contributed by atoms with Crippen molar-refractivity contribution in [3.63, 3.8) is 0 Å². The van der Waals surface area contributed by atoms with Crippen LogP contribution in [-0.2, 0) is 0 Å². The number of carbonyl (C=O) groups is 1. The molecule has 1 fully saturated rings. The van der Waals surface area contributed by atoms with Crippen molar-refractivity contribution in [2.45, 2.75) is 19.8 Å². The van der Waals surface area contributed by atoms with Crippen molar-refractivity contribution in [3.05, 3.63) is 69.5 Å². The molecule has 1 saturated heterocycles. The van der Waals surface area contributed by atoms with Gasteiger partial charge in [-0.2, -0.15) is 0 Å². The van der Waals surface area contributed by atoms with Gasteiger partial charge in [0.15, 0.2) is 5.78 Å². The third-order valence-corrected chi connectivity index (χ3v) is 4.73. The largest absolute Gasteiger partial charge is 0.371 e. The van der Waals surface area contributed by atoms with Gasteiger partial charge < -0.3 is 4.90 Å². The van der Waals surface area contributed by atoms with Crippen LogP contribution in [0.3, 0.4) is 0 Å². The molecule has 0 radical (unpaired) electrons. The molecule has 0 N–H and O–H groups in total. The summed E-state index contributed by atoms with van der Waals surface area (Å²) in [5.41, 5.74) is 2.46. The third kappa shape index (κ3) is 3.68. The number of hydrogen-bond acceptors (Lipinski definition) is 4. The van der Waals surface area contributed by atoms with Crippen LogP contribution in [0.4, 0.5) is 15.8 Å². The minimum atomic E-state index is -0.398. The van der Waals surface area contributed by atoms with Gasteiger partial charge in [0.2, 0.25) is 0 Å². The molecule has 1 aliphatic heterocycles. The normalized spacial score (nSPS) is 15.2. The van der Waals surface area contributed by atoms with E-state index in [-0.39, 0.29) is 23.2 Å². The number of ketones is 1. The van der Waals surface area contributed by atoms with Crippen LogP contribution in [0.2, 0.25) is 0 Å². The van der Waals surface area contributed by atoms with Crippen molar-refractivity contribution in [2.24, 2.45) is 5.92 Å². The van der Waals surface area contributed by atoms with Crippen molar-refractivity contribution < 1.29 is 14.1 Å². The zero-order valence-corrected chi connectivity index (χ0v) is 13.9. The number of carbonyl (C=O) groups excluding carboxylic acids is 1. The molecule has 0 saturated carbocycles. The molecule has 0 aromatic heterocycles. The zero-order valence-electron chi connectivity index (χ0n) is 13.9. The number of anilines is 1. The highest BCUT2D eigenvalue weighted by atomic mass is 19.1. The van der Waals surface area contributed by atoms with Crippen molar-refractivity contribution in [1.82, 2.24) is 0 Å². The molecule has 1 heterocycles. The second-order valence-corrected chi connectivity index (χ2v) is 6.36. The molecule has 25 heavy (non-hydrogen) atoms. The van der Waals surface area contributed by atoms with Crippen LogP contribution in [0, 0.1) is 28.8 Å². The summed E-state index contributed by atoms with van der Waals surface area (Å²) < 4.78 is 13.0. The number of nitro groups is 1. The number of aryl methyl sites for hydroxylation is 1. The molecular formula is C19H19FN2O3. The lowest BCUT2D eigenvalue weighted by molar-refractivity contribution is -0.384. The summed E-state index contributed by atoms with van der Waals surface area (Å²) in [5.74, 6) is -0.361. The first-order valence-corrected chi connectivity index (χ1v) is 8.25. The number of non-ortho nitro benzene ring substituents is 1. The Morgan fingerprint density at radius 3 is 2.36 bits per heavy atom. The number of rotatable bonds is 4. The molecule has 1 aliphatic rings. The Hall–Kier alpha value is -2.76. The van der Waals surface area contributed by atoms with Crippen LogP contribution in [0.15, 0.2) is 42.5 Å². The van der Waals surface area contributed by atoms with Crippen LogP contribution in [0.25, 0.3) is 0 Å². The van der Waals surface area contributed by atoms with E-state index in [0.717, 1.165) is 24.3 Å². The predicted octanol–water partition coefficient (Wildman–Crippen LogP) is 4.14. The van der Waals surface area contributed by atoms with Gasteiger partial charge in [-0.25, -0.2) is 4.39 Å². The van der Waals surface area contributed by atoms with Gasteiger partial charge in [0.05, 0.1) is 4.92 Å². The monoisotopic (exact) mass is 342 g/mol. The molecular weight excluding hydrogens is 323 g/mol. The highest BCUT2D eigenvalue weighted by molar-refractivity contribution is 5.98. The van der Waals surface area contributed by atoms with Crippen LogP contribution in [0.1, 0.15) is 28.8 Å². The first-order valence-electron chi connectivity index (χ1n) is 8.25. The number of piperidine rings is 1. The lowest BCUT2D eigenvalue weighted by atomic mass is 9.88. The molecule has 130 valence electrons. The van der Waals surface area contributed by atoms with E-state index in [9.17, 15) is 19.3 Å². The van der Waals surface area contributed by atoms with E-state index in [1.807, 2.05) is 6.92 Å². The van der Waals surface area contributed by atoms with Gasteiger partial charge in [0, 0.05) is 42.4 Å². The Balaban J connectivity index is 1.66. The Morgan fingerprint density at radius 2 is 1.80 bits per heavy atom. The number of halogens is 1. The van der Waals surface area contributed by atoms with Gasteiger partial charge >= 0.3 is 0 Å². The first kappa shape index (κ1) is 17.1. The smallest absolute Gasteiger partial charge is 0.269 e. The fourth-order valence-electron chi connectivity index (χ4n) is 3.34. The Labute approximate surface area is 145 Å². The van der Waals surface area contributed by atoms with E-state index in [0.29, 0.717) is 18.4 Å². The molecule has 0 spiro atoms. The van der Waals surface area contributed by atoms with Crippen molar-refractivity contribution in [2.75, 3.05) is 18.0 Å². The average Bonchev–Trinajstić information content (AvgIpc) is 2.62. The van der Waals surface area contributed by atoms with Crippen LogP contribution in [-0.4, -0.2) is 23.8 Å². The molecule has 6 heteroatoms. The number of benzene rings is 2. The molecule has 2 aromatic carbocycles. The first-order chi connectivity index (χ1) is 12.0. The number of hydrogen-bond donors (Lipinski definition) is 0. The molecule has 0 bridgehead atoms. The molecule has 0 unspecified atom stereocenters. The summed E-state index contributed by atoms with van der Waals surface area (Å²) in [6.45, 7) is 3.30. The molecule has 5 nitrogen and oxygen atoms in total. The van der Waals surface area contributed by atoms with Crippen LogP contribution >= 0.6 is 0 Å². The summed E-state index contributed by atoms with van der Waals surface area (Å²) in [6, 6.07) is 10.5. The lowest BCUT2D eigenvalue weighted by Gasteiger charge is -2.34. The van der Waals surface area contributed by atoms with Gasteiger partial charge in [-0.05, 0) is 55.7 Å². The maximum Gasteiger partial charge on any atom is 0.269 e. The molecule has 3 rings (SSSR count). The number of nitrogens with zero attached hydrogens (tertiary/aromatic N) is 2. The molecule has 0 atom stereocenters. The summed E-state index contributed by atoms with van der Waals surface area (Å²) in [7, 11) is 0. The minimum absolute atomic E-state index is 0.0556. The minimum Gasteiger partial charge on any atom is -0.371 e. The Bertz CT molecular complexity index is 797. The lowest BCUT2D eigenvalue weighted by Crippen LogP contribution is -2.36. The number of Topliss-reactive ketones (excluding diaryl/α,β-unsaturated/α-hetero) is 1. The highest BCUT2D eigenvalue weighted by Gasteiger charge is 2.26. The van der Waals surface area contributed by atoms with E-state index in [1.165, 1.54) is 30.3 Å². The van der Waals surface area contributed by atoms with Gasteiger partial charge in [0.25, 0.3) is 5.69 Å². The Morgan fingerprint density at radius 1 is 1.16 bits per heavy atom. The standard InChI is InChI=1S/C19H19FN2O3/c1-13-12-17(22(24)25)6-7-18(13)21-10-8-15(9-11-21)19(23)14-2-4-16(20)5-3-14/h2-7,12,15H,8-11H2,1H3. The van der Waals surface area contributed by atoms with E-state index in [4.69, 9.17) is 0 Å². The zero-order chi connectivity index (χ0) is 18.0. The average molecular weight is 342 g/mol. The second-order valence-electron chi connectivity index (χ2n) is 6.36. The Kier molecular flexibility index (Phi) is 4.79. The topological polar surface area (TPSA) is 63.5 Å². The van der Waals surface area contributed by atoms with Crippen LogP contribution < -0.4 is 4.90 Å². The van der Waals surface area contributed by atoms with Crippen molar-refractivity contribution >= 4 is 17.2 Å². The fourth-order valence-corrected chi connectivity index (χ4v) is 3.34. The van der Waals surface area contributed by atoms with E-state index < -0.39 is 4.92 Å². The van der Waals surface area contributed by atoms with Crippen LogP contribution in [0.5, 0.6) is 0 Å². The van der Waals surface area contributed by atoms with Gasteiger partial charge in [-0.3, -0.25) is 14.9 Å². The maximum absolute atomic E-state index is 13.0. The molecule has 0 aliphatic carbocycles. The number of nitro benzene ring substituents is 1.